The highest BCUT2D eigenvalue weighted by atomic mass is 16.4. The normalized spacial score (nSPS) is 10.2. The van der Waals surface area contributed by atoms with Gasteiger partial charge < -0.3 is 14.4 Å². The van der Waals surface area contributed by atoms with Gasteiger partial charge >= 0.3 is 5.97 Å². The van der Waals surface area contributed by atoms with Crippen LogP contribution in [0.3, 0.4) is 0 Å². The Morgan fingerprint density at radius 1 is 1.40 bits per heavy atom. The quantitative estimate of drug-likeness (QED) is 0.896. The molecule has 0 radical (unpaired) electrons. The van der Waals surface area contributed by atoms with Crippen LogP contribution in [-0.2, 0) is 6.42 Å². The van der Waals surface area contributed by atoms with Crippen LogP contribution in [0.5, 0.6) is 0 Å². The SMILES string of the molecule is CN(CCc1ccccn1)C(=O)c1cc(C(=O)O)co1. The van der Waals surface area contributed by atoms with E-state index in [0.717, 1.165) is 12.0 Å². The monoisotopic (exact) mass is 274 g/mol. The molecule has 0 atom stereocenters. The van der Waals surface area contributed by atoms with Crippen LogP contribution in [0.1, 0.15) is 26.6 Å². The fraction of sp³-hybridized carbons (Fsp3) is 0.214. The van der Waals surface area contributed by atoms with Gasteiger partial charge in [0.2, 0.25) is 0 Å². The summed E-state index contributed by atoms with van der Waals surface area (Å²) in [7, 11) is 1.63. The van der Waals surface area contributed by atoms with E-state index in [9.17, 15) is 9.59 Å². The average molecular weight is 274 g/mol. The molecule has 2 aromatic heterocycles. The van der Waals surface area contributed by atoms with Gasteiger partial charge in [0, 0.05) is 38.0 Å². The van der Waals surface area contributed by atoms with Gasteiger partial charge in [0.15, 0.2) is 5.76 Å². The highest BCUT2D eigenvalue weighted by molar-refractivity contribution is 5.95. The van der Waals surface area contributed by atoms with Crippen LogP contribution in [0.25, 0.3) is 0 Å². The summed E-state index contributed by atoms with van der Waals surface area (Å²) in [5, 5.41) is 8.78. The molecule has 2 rings (SSSR count). The number of nitrogens with zero attached hydrogens (tertiary/aromatic N) is 2. The van der Waals surface area contributed by atoms with Crippen molar-refractivity contribution in [2.75, 3.05) is 13.6 Å². The molecule has 0 saturated carbocycles. The number of rotatable bonds is 5. The first-order valence-electron chi connectivity index (χ1n) is 6.05. The van der Waals surface area contributed by atoms with Crippen molar-refractivity contribution in [1.82, 2.24) is 9.88 Å². The minimum atomic E-state index is -1.12. The third kappa shape index (κ3) is 3.23. The molecule has 6 heteroatoms. The van der Waals surface area contributed by atoms with Crippen molar-refractivity contribution < 1.29 is 19.1 Å². The summed E-state index contributed by atoms with van der Waals surface area (Å²) in [4.78, 5) is 28.4. The van der Waals surface area contributed by atoms with Crippen LogP contribution >= 0.6 is 0 Å². The zero-order valence-corrected chi connectivity index (χ0v) is 10.9. The zero-order chi connectivity index (χ0) is 14.5. The first kappa shape index (κ1) is 13.8. The van der Waals surface area contributed by atoms with Gasteiger partial charge in [-0.3, -0.25) is 9.78 Å². The molecule has 2 heterocycles. The Morgan fingerprint density at radius 2 is 2.20 bits per heavy atom. The molecule has 0 unspecified atom stereocenters. The van der Waals surface area contributed by atoms with Crippen molar-refractivity contribution >= 4 is 11.9 Å². The Kier molecular flexibility index (Phi) is 4.14. The summed E-state index contributed by atoms with van der Waals surface area (Å²) in [5.74, 6) is -1.46. The number of carbonyl (C=O) groups excluding carboxylic acids is 1. The van der Waals surface area contributed by atoms with Crippen LogP contribution in [0.4, 0.5) is 0 Å². The minimum absolute atomic E-state index is 0.0194. The van der Waals surface area contributed by atoms with E-state index in [1.165, 1.54) is 11.0 Å². The zero-order valence-electron chi connectivity index (χ0n) is 10.9. The van der Waals surface area contributed by atoms with Crippen LogP contribution in [0.15, 0.2) is 41.1 Å². The van der Waals surface area contributed by atoms with E-state index in [2.05, 4.69) is 4.98 Å². The van der Waals surface area contributed by atoms with E-state index >= 15 is 0 Å². The van der Waals surface area contributed by atoms with E-state index in [4.69, 9.17) is 9.52 Å². The van der Waals surface area contributed by atoms with Crippen molar-refractivity contribution in [3.63, 3.8) is 0 Å². The minimum Gasteiger partial charge on any atom is -0.478 e. The van der Waals surface area contributed by atoms with Gasteiger partial charge in [0.05, 0.1) is 5.56 Å². The fourth-order valence-electron chi connectivity index (χ4n) is 1.68. The summed E-state index contributed by atoms with van der Waals surface area (Å²) in [6.07, 6.45) is 3.38. The Hall–Kier alpha value is -2.63. The number of furan rings is 1. The van der Waals surface area contributed by atoms with Gasteiger partial charge in [-0.15, -0.1) is 0 Å². The maximum atomic E-state index is 12.0. The van der Waals surface area contributed by atoms with Gasteiger partial charge in [-0.05, 0) is 12.1 Å². The largest absolute Gasteiger partial charge is 0.478 e. The molecule has 104 valence electrons. The standard InChI is InChI=1S/C14H14N2O4/c1-16(7-5-11-4-2-3-6-15-11)13(17)12-8-10(9-20-12)14(18)19/h2-4,6,8-9H,5,7H2,1H3,(H,18,19). The summed E-state index contributed by atoms with van der Waals surface area (Å²) in [6, 6.07) is 6.82. The topological polar surface area (TPSA) is 83.6 Å². The highest BCUT2D eigenvalue weighted by Gasteiger charge is 2.18. The van der Waals surface area contributed by atoms with Crippen LogP contribution in [-0.4, -0.2) is 40.5 Å². The number of amides is 1. The molecular weight excluding hydrogens is 260 g/mol. The van der Waals surface area contributed by atoms with Crippen molar-refractivity contribution in [3.8, 4) is 0 Å². The number of aromatic carboxylic acids is 1. The van der Waals surface area contributed by atoms with E-state index in [1.807, 2.05) is 18.2 Å². The molecule has 0 aliphatic carbocycles. The molecule has 0 aliphatic heterocycles. The lowest BCUT2D eigenvalue weighted by Gasteiger charge is -2.15. The third-order valence-electron chi connectivity index (χ3n) is 2.83. The molecule has 20 heavy (non-hydrogen) atoms. The van der Waals surface area contributed by atoms with Gasteiger partial charge in [-0.2, -0.15) is 0 Å². The number of carboxylic acid groups (broad SMARTS) is 1. The summed E-state index contributed by atoms with van der Waals surface area (Å²) >= 11 is 0. The predicted octanol–water partition coefficient (Wildman–Crippen LogP) is 1.69. The van der Waals surface area contributed by atoms with Crippen LogP contribution in [0, 0.1) is 0 Å². The van der Waals surface area contributed by atoms with Crippen molar-refractivity contribution in [2.24, 2.45) is 0 Å². The Bertz CT molecular complexity index is 607. The first-order valence-corrected chi connectivity index (χ1v) is 6.05. The number of aromatic nitrogens is 1. The maximum absolute atomic E-state index is 12.0. The number of carboxylic acids is 1. The van der Waals surface area contributed by atoms with Gasteiger partial charge in [-0.1, -0.05) is 6.07 Å². The number of hydrogen-bond donors (Lipinski definition) is 1. The maximum Gasteiger partial charge on any atom is 0.338 e. The molecular formula is C14H14N2O4. The Labute approximate surface area is 115 Å². The van der Waals surface area contributed by atoms with E-state index < -0.39 is 5.97 Å². The molecule has 0 fully saturated rings. The van der Waals surface area contributed by atoms with Crippen LogP contribution in [0.2, 0.25) is 0 Å². The Balaban J connectivity index is 1.96. The smallest absolute Gasteiger partial charge is 0.338 e. The van der Waals surface area contributed by atoms with Crippen molar-refractivity contribution in [3.05, 3.63) is 53.7 Å². The third-order valence-corrected chi connectivity index (χ3v) is 2.83. The lowest BCUT2D eigenvalue weighted by atomic mass is 10.2. The molecule has 2 aromatic rings. The van der Waals surface area contributed by atoms with Crippen molar-refractivity contribution in [2.45, 2.75) is 6.42 Å². The lowest BCUT2D eigenvalue weighted by Crippen LogP contribution is -2.28. The molecule has 1 amide bonds. The molecule has 6 nitrogen and oxygen atoms in total. The summed E-state index contributed by atoms with van der Waals surface area (Å²) in [6.45, 7) is 0.471. The van der Waals surface area contributed by atoms with E-state index in [1.54, 1.807) is 13.2 Å². The first-order chi connectivity index (χ1) is 9.58. The molecule has 0 spiro atoms. The summed E-state index contributed by atoms with van der Waals surface area (Å²) < 4.78 is 4.97. The van der Waals surface area contributed by atoms with Crippen molar-refractivity contribution in [1.29, 1.82) is 0 Å². The summed E-state index contributed by atoms with van der Waals surface area (Å²) in [5.41, 5.74) is 0.851. The van der Waals surface area contributed by atoms with Crippen LogP contribution < -0.4 is 0 Å². The Morgan fingerprint density at radius 3 is 2.80 bits per heavy atom. The molecule has 0 aromatic carbocycles. The fourth-order valence-corrected chi connectivity index (χ4v) is 1.68. The number of likely N-dealkylation sites (N-methyl/N-ethyl adjacent to an activating group) is 1. The molecule has 0 aliphatic rings. The van der Waals surface area contributed by atoms with Gasteiger partial charge in [0.25, 0.3) is 5.91 Å². The molecule has 0 bridgehead atoms. The molecule has 1 N–H and O–H groups in total. The van der Waals surface area contributed by atoms with Gasteiger partial charge in [-0.25, -0.2) is 4.79 Å². The predicted molar refractivity (Wildman–Crippen MR) is 70.6 cm³/mol. The van der Waals surface area contributed by atoms with E-state index in [0.29, 0.717) is 13.0 Å². The number of hydrogen-bond acceptors (Lipinski definition) is 4. The number of pyridine rings is 1. The molecule has 0 saturated heterocycles. The highest BCUT2D eigenvalue weighted by Crippen LogP contribution is 2.10. The average Bonchev–Trinajstić information content (AvgIpc) is 2.95. The van der Waals surface area contributed by atoms with Gasteiger partial charge in [0.1, 0.15) is 6.26 Å². The number of carbonyl (C=O) groups is 2. The second kappa shape index (κ2) is 6.01. The lowest BCUT2D eigenvalue weighted by molar-refractivity contribution is 0.0695. The second-order valence-corrected chi connectivity index (χ2v) is 4.30. The second-order valence-electron chi connectivity index (χ2n) is 4.30. The van der Waals surface area contributed by atoms with E-state index in [-0.39, 0.29) is 17.2 Å².